The van der Waals surface area contributed by atoms with Crippen molar-refractivity contribution in [1.82, 2.24) is 16.0 Å². The van der Waals surface area contributed by atoms with Crippen molar-refractivity contribution in [2.75, 3.05) is 5.75 Å². The van der Waals surface area contributed by atoms with Gasteiger partial charge in [-0.25, -0.2) is 4.79 Å². The highest BCUT2D eigenvalue weighted by Crippen LogP contribution is 2.06. The van der Waals surface area contributed by atoms with Gasteiger partial charge in [-0.1, -0.05) is 30.3 Å². The van der Waals surface area contributed by atoms with Gasteiger partial charge < -0.3 is 37.6 Å². The van der Waals surface area contributed by atoms with Crippen molar-refractivity contribution in [2.24, 2.45) is 11.5 Å². The Morgan fingerprint density at radius 2 is 1.40 bits per heavy atom. The molecule has 1 aromatic rings. The normalized spacial score (nSPS) is 14.0. The van der Waals surface area contributed by atoms with E-state index in [1.54, 1.807) is 30.3 Å². The number of nitrogens with two attached hydrogens (primary N) is 2. The lowest BCUT2D eigenvalue weighted by Crippen LogP contribution is -2.58. The molecule has 0 aliphatic heterocycles. The fraction of sp³-hybridized carbons (Fsp3) is 0.429. The van der Waals surface area contributed by atoms with Gasteiger partial charge in [-0.2, -0.15) is 12.6 Å². The zero-order valence-electron chi connectivity index (χ0n) is 18.7. The summed E-state index contributed by atoms with van der Waals surface area (Å²) in [7, 11) is 0. The van der Waals surface area contributed by atoms with Crippen molar-refractivity contribution in [1.29, 1.82) is 0 Å². The summed E-state index contributed by atoms with van der Waals surface area (Å²) in [4.78, 5) is 71.5. The van der Waals surface area contributed by atoms with Crippen molar-refractivity contribution in [3.63, 3.8) is 0 Å². The van der Waals surface area contributed by atoms with E-state index < -0.39 is 66.2 Å². The Morgan fingerprint density at radius 1 is 0.857 bits per heavy atom. The third-order valence-corrected chi connectivity index (χ3v) is 5.12. The molecule has 0 spiro atoms. The molecule has 14 heteroatoms. The maximum atomic E-state index is 13.0. The Morgan fingerprint density at radius 3 is 1.91 bits per heavy atom. The second-order valence-corrected chi connectivity index (χ2v) is 7.97. The molecule has 35 heavy (non-hydrogen) atoms. The summed E-state index contributed by atoms with van der Waals surface area (Å²) in [5, 5.41) is 24.8. The Kier molecular flexibility index (Phi) is 12.2. The van der Waals surface area contributed by atoms with Crippen LogP contribution >= 0.6 is 12.6 Å². The fourth-order valence-electron chi connectivity index (χ4n) is 2.89. The van der Waals surface area contributed by atoms with Crippen molar-refractivity contribution >= 4 is 48.2 Å². The molecule has 13 nitrogen and oxygen atoms in total. The lowest BCUT2D eigenvalue weighted by molar-refractivity contribution is -0.142. The van der Waals surface area contributed by atoms with E-state index in [1.165, 1.54) is 0 Å². The number of carbonyl (C=O) groups excluding carboxylic acids is 4. The van der Waals surface area contributed by atoms with Gasteiger partial charge in [0.2, 0.25) is 23.6 Å². The van der Waals surface area contributed by atoms with Gasteiger partial charge in [-0.15, -0.1) is 0 Å². The fourth-order valence-corrected chi connectivity index (χ4v) is 3.14. The van der Waals surface area contributed by atoms with Crippen molar-refractivity contribution in [2.45, 2.75) is 49.9 Å². The van der Waals surface area contributed by atoms with Gasteiger partial charge in [0.05, 0.1) is 12.5 Å². The molecule has 0 aliphatic carbocycles. The van der Waals surface area contributed by atoms with Gasteiger partial charge in [0.25, 0.3) is 0 Å². The first-order chi connectivity index (χ1) is 16.4. The lowest BCUT2D eigenvalue weighted by atomic mass is 10.0. The predicted octanol–water partition coefficient (Wildman–Crippen LogP) is -2.23. The Balaban J connectivity index is 3.07. The third-order valence-electron chi connectivity index (χ3n) is 4.76. The van der Waals surface area contributed by atoms with Gasteiger partial charge >= 0.3 is 11.9 Å². The van der Waals surface area contributed by atoms with E-state index in [9.17, 15) is 28.8 Å². The van der Waals surface area contributed by atoms with E-state index in [2.05, 4.69) is 28.6 Å². The van der Waals surface area contributed by atoms with Gasteiger partial charge in [-0.05, 0) is 12.0 Å². The van der Waals surface area contributed by atoms with E-state index in [0.29, 0.717) is 5.56 Å². The van der Waals surface area contributed by atoms with Gasteiger partial charge in [0.15, 0.2) is 0 Å². The molecule has 0 heterocycles. The number of hydrogen-bond acceptors (Lipinski definition) is 8. The van der Waals surface area contributed by atoms with Crippen molar-refractivity contribution in [3.8, 4) is 0 Å². The molecule has 0 saturated carbocycles. The van der Waals surface area contributed by atoms with Crippen LogP contribution in [0.1, 0.15) is 24.8 Å². The molecule has 0 aliphatic rings. The number of carboxylic acids is 2. The number of hydrogen-bond donors (Lipinski definition) is 8. The maximum Gasteiger partial charge on any atom is 0.327 e. The molecule has 4 amide bonds. The predicted molar refractivity (Wildman–Crippen MR) is 126 cm³/mol. The smallest absolute Gasteiger partial charge is 0.327 e. The van der Waals surface area contributed by atoms with Crippen LogP contribution in [0.15, 0.2) is 30.3 Å². The molecule has 0 radical (unpaired) electrons. The number of carbonyl (C=O) groups is 6. The molecule has 9 N–H and O–H groups in total. The summed E-state index contributed by atoms with van der Waals surface area (Å²) >= 11 is 3.84. The average molecular weight is 512 g/mol. The van der Waals surface area contributed by atoms with Crippen LogP contribution in [0.4, 0.5) is 0 Å². The summed E-state index contributed by atoms with van der Waals surface area (Å²) in [5.74, 6) is -6.36. The largest absolute Gasteiger partial charge is 0.481 e. The number of primary amides is 1. The molecule has 0 saturated heterocycles. The van der Waals surface area contributed by atoms with Crippen LogP contribution in [0.2, 0.25) is 0 Å². The Hall–Kier alpha value is -3.65. The topological polar surface area (TPSA) is 231 Å². The maximum absolute atomic E-state index is 13.0. The van der Waals surface area contributed by atoms with Crippen LogP contribution in [-0.4, -0.2) is 75.7 Å². The average Bonchev–Trinajstić information content (AvgIpc) is 2.79. The highest BCUT2D eigenvalue weighted by molar-refractivity contribution is 7.80. The van der Waals surface area contributed by atoms with E-state index in [0.717, 1.165) is 0 Å². The van der Waals surface area contributed by atoms with E-state index >= 15 is 0 Å². The minimum absolute atomic E-state index is 0.0244. The van der Waals surface area contributed by atoms with Crippen LogP contribution in [0.3, 0.4) is 0 Å². The van der Waals surface area contributed by atoms with E-state index in [-0.39, 0.29) is 25.0 Å². The van der Waals surface area contributed by atoms with Crippen LogP contribution in [0.5, 0.6) is 0 Å². The standard InChI is InChI=1S/C21H29N5O8S/c22-12(6-7-17(28)29)18(30)24-13(8-11-4-2-1-3-5-11)19(31)25-14(9-16(23)27)20(32)26-15(10-35)21(33)34/h1-5,12-15,35H,6-10,22H2,(H2,23,27)(H,24,30)(H,25,31)(H,26,32)(H,28,29)(H,33,34). The third kappa shape index (κ3) is 10.9. The number of rotatable bonds is 15. The van der Waals surface area contributed by atoms with Crippen LogP contribution in [-0.2, 0) is 35.2 Å². The minimum Gasteiger partial charge on any atom is -0.481 e. The van der Waals surface area contributed by atoms with Crippen molar-refractivity contribution in [3.05, 3.63) is 35.9 Å². The number of aliphatic carboxylic acids is 2. The zero-order valence-corrected chi connectivity index (χ0v) is 19.6. The minimum atomic E-state index is -1.53. The summed E-state index contributed by atoms with van der Waals surface area (Å²) < 4.78 is 0. The van der Waals surface area contributed by atoms with E-state index in [1.807, 2.05) is 0 Å². The first kappa shape index (κ1) is 29.4. The molecule has 4 unspecified atom stereocenters. The highest BCUT2D eigenvalue weighted by atomic mass is 32.1. The van der Waals surface area contributed by atoms with E-state index in [4.69, 9.17) is 21.7 Å². The SMILES string of the molecule is NC(=O)CC(NC(=O)C(Cc1ccccc1)NC(=O)C(N)CCC(=O)O)C(=O)NC(CS)C(=O)O. The lowest BCUT2D eigenvalue weighted by Gasteiger charge is -2.24. The summed E-state index contributed by atoms with van der Waals surface area (Å²) in [6, 6.07) is 3.14. The Labute approximate surface area is 206 Å². The molecule has 0 fully saturated rings. The van der Waals surface area contributed by atoms with Crippen LogP contribution < -0.4 is 27.4 Å². The molecule has 0 bridgehead atoms. The van der Waals surface area contributed by atoms with Gasteiger partial charge in [0, 0.05) is 18.6 Å². The van der Waals surface area contributed by atoms with Crippen molar-refractivity contribution < 1.29 is 39.0 Å². The molecular formula is C21H29N5O8S. The Bertz CT molecular complexity index is 930. The second kappa shape index (κ2) is 14.6. The highest BCUT2D eigenvalue weighted by Gasteiger charge is 2.31. The number of amides is 4. The molecular weight excluding hydrogens is 482 g/mol. The first-order valence-corrected chi connectivity index (χ1v) is 11.1. The molecule has 1 rings (SSSR count). The summed E-state index contributed by atoms with van der Waals surface area (Å²) in [6.07, 6.45) is -1.20. The number of carboxylic acid groups (broad SMARTS) is 2. The summed E-state index contributed by atoms with van der Waals surface area (Å²) in [5.41, 5.74) is 11.5. The van der Waals surface area contributed by atoms with Gasteiger partial charge in [0.1, 0.15) is 18.1 Å². The number of benzene rings is 1. The van der Waals surface area contributed by atoms with Crippen LogP contribution in [0.25, 0.3) is 0 Å². The second-order valence-electron chi connectivity index (χ2n) is 7.60. The molecule has 4 atom stereocenters. The first-order valence-electron chi connectivity index (χ1n) is 10.5. The molecule has 192 valence electrons. The van der Waals surface area contributed by atoms with Gasteiger partial charge in [-0.3, -0.25) is 24.0 Å². The zero-order chi connectivity index (χ0) is 26.5. The quantitative estimate of drug-likeness (QED) is 0.119. The number of nitrogens with one attached hydrogen (secondary N) is 3. The van der Waals surface area contributed by atoms with Crippen LogP contribution in [0, 0.1) is 0 Å². The monoisotopic (exact) mass is 511 g/mol. The molecule has 1 aromatic carbocycles. The number of thiol groups is 1. The molecule has 0 aromatic heterocycles. The summed E-state index contributed by atoms with van der Waals surface area (Å²) in [6.45, 7) is 0.